The van der Waals surface area contributed by atoms with E-state index in [0.717, 1.165) is 44.5 Å². The minimum atomic E-state index is 0.0898. The summed E-state index contributed by atoms with van der Waals surface area (Å²) >= 11 is 0. The predicted octanol–water partition coefficient (Wildman–Crippen LogP) is 2.68. The van der Waals surface area contributed by atoms with Crippen molar-refractivity contribution in [2.75, 3.05) is 13.1 Å². The van der Waals surface area contributed by atoms with Crippen molar-refractivity contribution in [3.8, 4) is 0 Å². The number of aryl methyl sites for hydroxylation is 1. The molecule has 0 saturated carbocycles. The molecule has 0 aliphatic carbocycles. The highest BCUT2D eigenvalue weighted by molar-refractivity contribution is 6.07. The highest BCUT2D eigenvalue weighted by atomic mass is 16.2. The quantitative estimate of drug-likeness (QED) is 0.712. The van der Waals surface area contributed by atoms with Crippen LogP contribution in [0.4, 0.5) is 0 Å². The molecule has 0 radical (unpaired) electrons. The third-order valence-electron chi connectivity index (χ3n) is 5.01. The first-order chi connectivity index (χ1) is 9.74. The number of nitrogens with zero attached hydrogens (tertiary/aromatic N) is 2. The molecule has 2 unspecified atom stereocenters. The van der Waals surface area contributed by atoms with Gasteiger partial charge in [0.2, 0.25) is 5.91 Å². The van der Waals surface area contributed by atoms with Crippen LogP contribution in [0.3, 0.4) is 0 Å². The maximum Gasteiger partial charge on any atom is 0.231 e. The lowest BCUT2D eigenvalue weighted by molar-refractivity contribution is -0.138. The number of fused-ring (bicyclic) bond motifs is 4. The van der Waals surface area contributed by atoms with Gasteiger partial charge in [-0.15, -0.1) is 0 Å². The van der Waals surface area contributed by atoms with Crippen molar-refractivity contribution in [1.82, 2.24) is 4.90 Å². The van der Waals surface area contributed by atoms with Crippen LogP contribution in [-0.2, 0) is 11.2 Å². The number of piperidine rings is 1. The lowest BCUT2D eigenvalue weighted by atomic mass is 9.79. The molecular formula is C17H20N2O. The second-order valence-electron chi connectivity index (χ2n) is 6.27. The molecule has 1 amide bonds. The van der Waals surface area contributed by atoms with Crippen molar-refractivity contribution in [2.45, 2.75) is 38.6 Å². The molecule has 0 aromatic heterocycles. The minimum absolute atomic E-state index is 0.0898. The van der Waals surface area contributed by atoms with Gasteiger partial charge in [0.25, 0.3) is 0 Å². The van der Waals surface area contributed by atoms with Crippen LogP contribution >= 0.6 is 0 Å². The lowest BCUT2D eigenvalue weighted by Crippen LogP contribution is -2.51. The van der Waals surface area contributed by atoms with Crippen LogP contribution in [0.25, 0.3) is 0 Å². The molecule has 1 aromatic rings. The van der Waals surface area contributed by atoms with Gasteiger partial charge >= 0.3 is 0 Å². The Morgan fingerprint density at radius 1 is 1.35 bits per heavy atom. The molecule has 1 fully saturated rings. The van der Waals surface area contributed by atoms with Crippen LogP contribution in [0.15, 0.2) is 23.2 Å². The lowest BCUT2D eigenvalue weighted by Gasteiger charge is -2.44. The monoisotopic (exact) mass is 268 g/mol. The van der Waals surface area contributed by atoms with Crippen LogP contribution in [0, 0.1) is 12.8 Å². The van der Waals surface area contributed by atoms with Crippen LogP contribution in [-0.4, -0.2) is 29.6 Å². The smallest absolute Gasteiger partial charge is 0.231 e. The first-order valence-electron chi connectivity index (χ1n) is 7.67. The normalized spacial score (nSPS) is 28.4. The van der Waals surface area contributed by atoms with Crippen LogP contribution in [0.5, 0.6) is 0 Å². The molecule has 2 atom stereocenters. The summed E-state index contributed by atoms with van der Waals surface area (Å²) in [6, 6.07) is 6.91. The molecule has 20 heavy (non-hydrogen) atoms. The molecule has 0 spiro atoms. The summed E-state index contributed by atoms with van der Waals surface area (Å²) in [7, 11) is 0. The number of benzene rings is 1. The third kappa shape index (κ3) is 1.72. The Kier molecular flexibility index (Phi) is 2.69. The first-order valence-corrected chi connectivity index (χ1v) is 7.67. The average Bonchev–Trinajstić information content (AvgIpc) is 2.47. The SMILES string of the molecule is Cc1ccc2c(c1)CCN1C(=O)C3CCCN=C3CC21. The van der Waals surface area contributed by atoms with E-state index in [-0.39, 0.29) is 12.0 Å². The largest absolute Gasteiger partial charge is 0.334 e. The Labute approximate surface area is 119 Å². The van der Waals surface area contributed by atoms with E-state index in [1.807, 2.05) is 0 Å². The maximum absolute atomic E-state index is 12.7. The van der Waals surface area contributed by atoms with E-state index in [1.54, 1.807) is 0 Å². The van der Waals surface area contributed by atoms with Gasteiger partial charge < -0.3 is 4.90 Å². The predicted molar refractivity (Wildman–Crippen MR) is 79.0 cm³/mol. The van der Waals surface area contributed by atoms with Crippen molar-refractivity contribution in [3.63, 3.8) is 0 Å². The van der Waals surface area contributed by atoms with Crippen molar-refractivity contribution >= 4 is 11.6 Å². The molecule has 104 valence electrons. The summed E-state index contributed by atoms with van der Waals surface area (Å²) in [5.74, 6) is 0.415. The number of rotatable bonds is 0. The van der Waals surface area contributed by atoms with Gasteiger partial charge in [0, 0.05) is 25.2 Å². The van der Waals surface area contributed by atoms with E-state index >= 15 is 0 Å². The number of hydrogen-bond acceptors (Lipinski definition) is 2. The molecule has 0 bridgehead atoms. The van der Waals surface area contributed by atoms with Crippen LogP contribution in [0.1, 0.15) is 42.0 Å². The molecule has 3 heteroatoms. The molecule has 0 N–H and O–H groups in total. The van der Waals surface area contributed by atoms with Crippen molar-refractivity contribution < 1.29 is 4.79 Å². The molecule has 3 aliphatic rings. The average molecular weight is 268 g/mol. The number of carbonyl (C=O) groups excluding carboxylic acids is 1. The highest BCUT2D eigenvalue weighted by Gasteiger charge is 2.42. The number of hydrogen-bond donors (Lipinski definition) is 0. The van der Waals surface area contributed by atoms with E-state index in [9.17, 15) is 4.79 Å². The van der Waals surface area contributed by atoms with Gasteiger partial charge in [-0.2, -0.15) is 0 Å². The summed E-state index contributed by atoms with van der Waals surface area (Å²) in [5, 5.41) is 0. The Morgan fingerprint density at radius 3 is 3.15 bits per heavy atom. The van der Waals surface area contributed by atoms with Gasteiger partial charge in [-0.3, -0.25) is 9.79 Å². The summed E-state index contributed by atoms with van der Waals surface area (Å²) in [6.45, 7) is 3.93. The van der Waals surface area contributed by atoms with Gasteiger partial charge in [0.1, 0.15) is 0 Å². The van der Waals surface area contributed by atoms with E-state index in [0.29, 0.717) is 5.91 Å². The van der Waals surface area contributed by atoms with Gasteiger partial charge in [-0.1, -0.05) is 23.8 Å². The topological polar surface area (TPSA) is 32.7 Å². The third-order valence-corrected chi connectivity index (χ3v) is 5.01. The Morgan fingerprint density at radius 2 is 2.25 bits per heavy atom. The van der Waals surface area contributed by atoms with Crippen LogP contribution in [0.2, 0.25) is 0 Å². The Hall–Kier alpha value is -1.64. The van der Waals surface area contributed by atoms with Gasteiger partial charge in [-0.05, 0) is 37.3 Å². The Balaban J connectivity index is 1.76. The fourth-order valence-corrected chi connectivity index (χ4v) is 3.99. The number of amides is 1. The van der Waals surface area contributed by atoms with Gasteiger partial charge in [0.05, 0.1) is 12.0 Å². The molecule has 3 heterocycles. The standard InChI is InChI=1S/C17H20N2O/c1-11-4-5-13-12(9-11)6-8-19-16(13)10-15-14(17(19)20)3-2-7-18-15/h4-5,9,14,16H,2-3,6-8,10H2,1H3. The minimum Gasteiger partial charge on any atom is -0.334 e. The molecule has 1 aromatic carbocycles. The van der Waals surface area contributed by atoms with Crippen molar-refractivity contribution in [1.29, 1.82) is 0 Å². The second kappa shape index (κ2) is 4.44. The van der Waals surface area contributed by atoms with Crippen LogP contribution < -0.4 is 0 Å². The molecule has 3 aliphatic heterocycles. The molecule has 1 saturated heterocycles. The number of carbonyl (C=O) groups is 1. The van der Waals surface area contributed by atoms with Gasteiger partial charge in [-0.25, -0.2) is 0 Å². The highest BCUT2D eigenvalue weighted by Crippen LogP contribution is 2.40. The summed E-state index contributed by atoms with van der Waals surface area (Å²) in [6.07, 6.45) is 4.01. The summed E-state index contributed by atoms with van der Waals surface area (Å²) < 4.78 is 0. The molecule has 3 nitrogen and oxygen atoms in total. The molecule has 4 rings (SSSR count). The molecular weight excluding hydrogens is 248 g/mol. The van der Waals surface area contributed by atoms with Gasteiger partial charge in [0.15, 0.2) is 0 Å². The zero-order chi connectivity index (χ0) is 13.7. The summed E-state index contributed by atoms with van der Waals surface area (Å²) in [5.41, 5.74) is 5.25. The fourth-order valence-electron chi connectivity index (χ4n) is 3.99. The second-order valence-corrected chi connectivity index (χ2v) is 6.27. The zero-order valence-corrected chi connectivity index (χ0v) is 11.9. The number of aliphatic imine (C=N–C) groups is 1. The van der Waals surface area contributed by atoms with E-state index in [4.69, 9.17) is 0 Å². The fraction of sp³-hybridized carbons (Fsp3) is 0.529. The van der Waals surface area contributed by atoms with Crippen molar-refractivity contribution in [3.05, 3.63) is 34.9 Å². The maximum atomic E-state index is 12.7. The Bertz CT molecular complexity index is 605. The van der Waals surface area contributed by atoms with E-state index in [1.165, 1.54) is 16.7 Å². The summed E-state index contributed by atoms with van der Waals surface area (Å²) in [4.78, 5) is 19.5. The van der Waals surface area contributed by atoms with E-state index in [2.05, 4.69) is 35.0 Å². The first kappa shape index (κ1) is 12.1. The zero-order valence-electron chi connectivity index (χ0n) is 11.9. The van der Waals surface area contributed by atoms with Crippen molar-refractivity contribution in [2.24, 2.45) is 10.9 Å². The van der Waals surface area contributed by atoms with E-state index < -0.39 is 0 Å².